The first-order valence-electron chi connectivity index (χ1n) is 4.99. The number of carbonyl (C=O) groups excluding carboxylic acids is 1. The highest BCUT2D eigenvalue weighted by Crippen LogP contribution is 2.18. The van der Waals surface area contributed by atoms with Crippen molar-refractivity contribution in [3.63, 3.8) is 0 Å². The van der Waals surface area contributed by atoms with E-state index < -0.39 is 5.97 Å². The second kappa shape index (κ2) is 5.79. The zero-order chi connectivity index (χ0) is 13.0. The highest BCUT2D eigenvalue weighted by atomic mass is 79.9. The van der Waals surface area contributed by atoms with Gasteiger partial charge in [-0.25, -0.2) is 0 Å². The van der Waals surface area contributed by atoms with Crippen molar-refractivity contribution in [2.24, 2.45) is 5.10 Å². The number of hydrogen-bond donors (Lipinski definition) is 1. The van der Waals surface area contributed by atoms with E-state index >= 15 is 0 Å². The molecule has 0 unspecified atom stereocenters. The summed E-state index contributed by atoms with van der Waals surface area (Å²) >= 11 is 4.93. The Morgan fingerprint density at radius 3 is 2.67 bits per heavy atom. The summed E-state index contributed by atoms with van der Waals surface area (Å²) in [4.78, 5) is 11.6. The van der Waals surface area contributed by atoms with Crippen molar-refractivity contribution < 1.29 is 9.90 Å². The summed E-state index contributed by atoms with van der Waals surface area (Å²) in [6, 6.07) is 8.15. The molecule has 0 aliphatic rings. The number of hydrazone groups is 1. The van der Waals surface area contributed by atoms with Crippen molar-refractivity contribution in [3.05, 3.63) is 50.6 Å². The van der Waals surface area contributed by atoms with Gasteiger partial charge < -0.3 is 9.90 Å². The van der Waals surface area contributed by atoms with Gasteiger partial charge in [0.1, 0.15) is 0 Å². The van der Waals surface area contributed by atoms with Crippen LogP contribution in [-0.2, 0) is 0 Å². The van der Waals surface area contributed by atoms with Crippen LogP contribution in [0.4, 0.5) is 5.69 Å². The Kier molecular flexibility index (Phi) is 4.11. The predicted octanol–water partition coefficient (Wildman–Crippen LogP) is 2.32. The Morgan fingerprint density at radius 2 is 2.11 bits per heavy atom. The standard InChI is InChI=1S/C12H9BrN2O2S/c13-9-5-11(18-7-9)6-14-15-10-3-1-8(2-4-10)12(16)17/h1-7,15H,(H,16,17)/p-1/b14-6-. The molecule has 1 heterocycles. The molecule has 2 rings (SSSR count). The van der Waals surface area contributed by atoms with Crippen LogP contribution in [0, 0.1) is 0 Å². The summed E-state index contributed by atoms with van der Waals surface area (Å²) in [5.41, 5.74) is 3.68. The summed E-state index contributed by atoms with van der Waals surface area (Å²) in [5, 5.41) is 16.6. The summed E-state index contributed by atoms with van der Waals surface area (Å²) in [7, 11) is 0. The van der Waals surface area contributed by atoms with Crippen molar-refractivity contribution in [1.29, 1.82) is 0 Å². The van der Waals surface area contributed by atoms with E-state index in [0.717, 1.165) is 9.35 Å². The molecule has 0 aliphatic heterocycles. The van der Waals surface area contributed by atoms with E-state index in [-0.39, 0.29) is 5.56 Å². The topological polar surface area (TPSA) is 64.5 Å². The molecular formula is C12H8BrN2O2S-. The first kappa shape index (κ1) is 12.8. The zero-order valence-electron chi connectivity index (χ0n) is 9.09. The number of carboxylic acids is 1. The largest absolute Gasteiger partial charge is 0.545 e. The van der Waals surface area contributed by atoms with Crippen LogP contribution in [0.1, 0.15) is 15.2 Å². The summed E-state index contributed by atoms with van der Waals surface area (Å²) in [6.45, 7) is 0. The quantitative estimate of drug-likeness (QED) is 0.693. The number of aromatic carboxylic acids is 1. The van der Waals surface area contributed by atoms with Crippen molar-refractivity contribution in [2.45, 2.75) is 0 Å². The van der Waals surface area contributed by atoms with E-state index in [1.165, 1.54) is 12.1 Å². The molecule has 1 aromatic heterocycles. The lowest BCUT2D eigenvalue weighted by Gasteiger charge is -2.03. The molecule has 1 N–H and O–H groups in total. The lowest BCUT2D eigenvalue weighted by molar-refractivity contribution is -0.255. The van der Waals surface area contributed by atoms with Crippen LogP contribution in [0.15, 0.2) is 45.3 Å². The number of halogens is 1. The maximum atomic E-state index is 10.5. The third kappa shape index (κ3) is 3.41. The molecule has 1 aromatic carbocycles. The first-order valence-corrected chi connectivity index (χ1v) is 6.67. The molecule has 0 saturated heterocycles. The van der Waals surface area contributed by atoms with Gasteiger partial charge in [0.25, 0.3) is 0 Å². The maximum absolute atomic E-state index is 10.5. The average molecular weight is 324 g/mol. The van der Waals surface area contributed by atoms with E-state index in [4.69, 9.17) is 0 Å². The molecule has 6 heteroatoms. The molecule has 0 fully saturated rings. The summed E-state index contributed by atoms with van der Waals surface area (Å²) in [5.74, 6) is -1.19. The fraction of sp³-hybridized carbons (Fsp3) is 0. The molecule has 0 radical (unpaired) electrons. The van der Waals surface area contributed by atoms with Crippen molar-refractivity contribution in [1.82, 2.24) is 0 Å². The van der Waals surface area contributed by atoms with Gasteiger partial charge in [0.05, 0.1) is 17.9 Å². The fourth-order valence-corrected chi connectivity index (χ4v) is 2.55. The number of rotatable bonds is 4. The third-order valence-electron chi connectivity index (χ3n) is 2.09. The number of thiophene rings is 1. The molecule has 18 heavy (non-hydrogen) atoms. The molecule has 4 nitrogen and oxygen atoms in total. The number of carboxylic acid groups (broad SMARTS) is 1. The summed E-state index contributed by atoms with van der Waals surface area (Å²) < 4.78 is 1.02. The van der Waals surface area contributed by atoms with Crippen LogP contribution in [0.5, 0.6) is 0 Å². The van der Waals surface area contributed by atoms with Crippen molar-refractivity contribution in [3.8, 4) is 0 Å². The minimum Gasteiger partial charge on any atom is -0.545 e. The SMILES string of the molecule is O=C([O-])c1ccc(N/N=C\c2cc(Br)cs2)cc1. The van der Waals surface area contributed by atoms with Gasteiger partial charge in [0.2, 0.25) is 0 Å². The van der Waals surface area contributed by atoms with Crippen molar-refractivity contribution in [2.75, 3.05) is 5.43 Å². The van der Waals surface area contributed by atoms with Gasteiger partial charge in [-0.05, 0) is 39.7 Å². The number of anilines is 1. The molecule has 0 aliphatic carbocycles. The normalized spacial score (nSPS) is 10.7. The van der Waals surface area contributed by atoms with Gasteiger partial charge >= 0.3 is 0 Å². The van der Waals surface area contributed by atoms with Crippen LogP contribution in [0.25, 0.3) is 0 Å². The number of nitrogens with zero attached hydrogens (tertiary/aromatic N) is 1. The molecular weight excluding hydrogens is 316 g/mol. The minimum atomic E-state index is -1.19. The van der Waals surface area contributed by atoms with E-state index in [1.54, 1.807) is 29.7 Å². The smallest absolute Gasteiger partial charge is 0.0715 e. The van der Waals surface area contributed by atoms with Gasteiger partial charge in [-0.1, -0.05) is 12.1 Å². The molecule has 0 atom stereocenters. The lowest BCUT2D eigenvalue weighted by Crippen LogP contribution is -2.21. The van der Waals surface area contributed by atoms with Crippen LogP contribution in [0.3, 0.4) is 0 Å². The van der Waals surface area contributed by atoms with Gasteiger partial charge in [-0.2, -0.15) is 5.10 Å². The fourth-order valence-electron chi connectivity index (χ4n) is 1.25. The Balaban J connectivity index is 1.98. The predicted molar refractivity (Wildman–Crippen MR) is 74.0 cm³/mol. The van der Waals surface area contributed by atoms with Crippen LogP contribution < -0.4 is 10.5 Å². The minimum absolute atomic E-state index is 0.145. The third-order valence-corrected chi connectivity index (χ3v) is 3.72. The Hall–Kier alpha value is -1.66. The zero-order valence-corrected chi connectivity index (χ0v) is 11.5. The van der Waals surface area contributed by atoms with Gasteiger partial charge in [0.15, 0.2) is 0 Å². The summed E-state index contributed by atoms with van der Waals surface area (Å²) in [6.07, 6.45) is 1.70. The number of benzene rings is 1. The van der Waals surface area contributed by atoms with Gasteiger partial charge in [-0.15, -0.1) is 11.3 Å². The number of nitrogens with one attached hydrogen (secondary N) is 1. The Labute approximate surface area is 116 Å². The maximum Gasteiger partial charge on any atom is 0.0715 e. The number of hydrogen-bond acceptors (Lipinski definition) is 5. The second-order valence-corrected chi connectivity index (χ2v) is 5.26. The van der Waals surface area contributed by atoms with Crippen LogP contribution >= 0.6 is 27.3 Å². The Morgan fingerprint density at radius 1 is 1.39 bits per heavy atom. The number of carbonyl (C=O) groups is 1. The molecule has 92 valence electrons. The van der Waals surface area contributed by atoms with E-state index in [2.05, 4.69) is 26.5 Å². The highest BCUT2D eigenvalue weighted by molar-refractivity contribution is 9.10. The van der Waals surface area contributed by atoms with Crippen molar-refractivity contribution >= 4 is 45.1 Å². The highest BCUT2D eigenvalue weighted by Gasteiger charge is 1.95. The van der Waals surface area contributed by atoms with Crippen LogP contribution in [0.2, 0.25) is 0 Å². The Bertz CT molecular complexity index is 578. The van der Waals surface area contributed by atoms with E-state index in [9.17, 15) is 9.90 Å². The second-order valence-electron chi connectivity index (χ2n) is 3.40. The monoisotopic (exact) mass is 323 g/mol. The molecule has 2 aromatic rings. The van der Waals surface area contributed by atoms with E-state index in [1.807, 2.05) is 11.4 Å². The van der Waals surface area contributed by atoms with Crippen LogP contribution in [-0.4, -0.2) is 12.2 Å². The van der Waals surface area contributed by atoms with Gasteiger partial charge in [0, 0.05) is 14.7 Å². The van der Waals surface area contributed by atoms with E-state index in [0.29, 0.717) is 5.69 Å². The molecule has 0 saturated carbocycles. The molecule has 0 bridgehead atoms. The van der Waals surface area contributed by atoms with Gasteiger partial charge in [-0.3, -0.25) is 5.43 Å². The molecule has 0 spiro atoms. The lowest BCUT2D eigenvalue weighted by atomic mass is 10.2. The average Bonchev–Trinajstić information content (AvgIpc) is 2.76. The molecule has 0 amide bonds. The first-order chi connectivity index (χ1) is 8.65.